The molecule has 0 nitrogen and oxygen atoms in total. The largest absolute Gasteiger partial charge is 0.160 e. The van der Waals surface area contributed by atoms with Crippen LogP contribution in [0, 0.1) is 0 Å². The highest BCUT2D eigenvalue weighted by Crippen LogP contribution is 2.19. The lowest BCUT2D eigenvalue weighted by atomic mass is 10.4. The highest BCUT2D eigenvalue weighted by Gasteiger charge is 2.17. The summed E-state index contributed by atoms with van der Waals surface area (Å²) < 4.78 is 0. The summed E-state index contributed by atoms with van der Waals surface area (Å²) in [5.41, 5.74) is 0. The van der Waals surface area contributed by atoms with Crippen LogP contribution in [0.3, 0.4) is 0 Å². The second-order valence-electron chi connectivity index (χ2n) is 4.55. The van der Waals surface area contributed by atoms with Gasteiger partial charge in [-0.3, -0.25) is 0 Å². The summed E-state index contributed by atoms with van der Waals surface area (Å²) >= 11 is 0. The Morgan fingerprint density at radius 3 is 0.958 bits per heavy atom. The molecule has 0 aliphatic rings. The third-order valence-electron chi connectivity index (χ3n) is 2.19. The van der Waals surface area contributed by atoms with Gasteiger partial charge in [0.1, 0.15) is 6.26 Å². The zero-order valence-corrected chi connectivity index (χ0v) is 18.4. The highest BCUT2D eigenvalue weighted by atomic mass is 32.2. The lowest BCUT2D eigenvalue weighted by molar-refractivity contribution is 1.09. The van der Waals surface area contributed by atoms with E-state index in [-0.39, 0.29) is 10.9 Å². The molecule has 0 saturated carbocycles. The van der Waals surface area contributed by atoms with Gasteiger partial charge in [0.05, 0.1) is 10.9 Å². The van der Waals surface area contributed by atoms with Crippen molar-refractivity contribution in [2.24, 2.45) is 0 Å². The molecule has 0 radical (unpaired) electrons. The van der Waals surface area contributed by atoms with E-state index < -0.39 is 0 Å². The van der Waals surface area contributed by atoms with Gasteiger partial charge < -0.3 is 0 Å². The van der Waals surface area contributed by atoms with E-state index in [1.54, 1.807) is 0 Å². The molecule has 1 heteroatoms. The molecule has 0 unspecified atom stereocenters. The van der Waals surface area contributed by atoms with Crippen molar-refractivity contribution in [2.75, 3.05) is 6.26 Å². The fraction of sp³-hybridized carbons (Fsp3) is 0.478. The van der Waals surface area contributed by atoms with Gasteiger partial charge in [0.15, 0.2) is 9.79 Å². The fourth-order valence-electron chi connectivity index (χ4n) is 1.39. The van der Waals surface area contributed by atoms with Crippen molar-refractivity contribution in [1.29, 1.82) is 0 Å². The third kappa shape index (κ3) is 15.7. The van der Waals surface area contributed by atoms with E-state index in [1.165, 1.54) is 22.6 Å². The van der Waals surface area contributed by atoms with Gasteiger partial charge in [0.25, 0.3) is 0 Å². The normalized spacial score (nSPS) is 8.08. The lowest BCUT2D eigenvalue weighted by Gasteiger charge is -2.00. The molecule has 0 bridgehead atoms. The van der Waals surface area contributed by atoms with Crippen molar-refractivity contribution in [3.8, 4) is 0 Å². The molecular formula is C23H41S+. The van der Waals surface area contributed by atoms with Gasteiger partial charge in [0, 0.05) is 0 Å². The number of rotatable bonds is 2. The third-order valence-corrected chi connectivity index (χ3v) is 4.15. The second kappa shape index (κ2) is 24.0. The lowest BCUT2D eigenvalue weighted by Crippen LogP contribution is -1.99. The molecule has 24 heavy (non-hydrogen) atoms. The summed E-state index contributed by atoms with van der Waals surface area (Å²) in [5.74, 6) is 0. The van der Waals surface area contributed by atoms with Crippen LogP contribution in [0.4, 0.5) is 0 Å². The predicted molar refractivity (Wildman–Crippen MR) is 117 cm³/mol. The highest BCUT2D eigenvalue weighted by molar-refractivity contribution is 7.96. The maximum atomic E-state index is 2.27. The smallest absolute Gasteiger partial charge is 0.0683 e. The van der Waals surface area contributed by atoms with Crippen LogP contribution >= 0.6 is 0 Å². The monoisotopic (exact) mass is 349 g/mol. The first-order chi connectivity index (χ1) is 11.7. The van der Waals surface area contributed by atoms with Gasteiger partial charge in [-0.05, 0) is 24.3 Å². The van der Waals surface area contributed by atoms with Gasteiger partial charge in [0.2, 0.25) is 0 Å². The van der Waals surface area contributed by atoms with E-state index in [4.69, 9.17) is 0 Å². The molecule has 0 N–H and O–H groups in total. The maximum Gasteiger partial charge on any atom is 0.160 e. The van der Waals surface area contributed by atoms with Crippen LogP contribution in [-0.2, 0) is 10.9 Å². The predicted octanol–water partition coefficient (Wildman–Crippen LogP) is 8.24. The summed E-state index contributed by atoms with van der Waals surface area (Å²) in [4.78, 5) is 2.80. The Balaban J connectivity index is -0.000000374. The van der Waals surface area contributed by atoms with E-state index in [2.05, 4.69) is 94.6 Å². The minimum absolute atomic E-state index is 0.203. The molecule has 0 saturated heterocycles. The Hall–Kier alpha value is -1.21. The molecule has 0 aliphatic heterocycles. The first-order valence-corrected chi connectivity index (χ1v) is 11.1. The summed E-state index contributed by atoms with van der Waals surface area (Å²) in [6.07, 6.45) is 4.77. The topological polar surface area (TPSA) is 0 Å². The van der Waals surface area contributed by atoms with Gasteiger partial charge >= 0.3 is 0 Å². The molecule has 0 amide bonds. The van der Waals surface area contributed by atoms with Crippen LogP contribution in [0.5, 0.6) is 0 Å². The molecule has 2 rings (SSSR count). The Kier molecular flexibility index (Phi) is 27.7. The van der Waals surface area contributed by atoms with Crippen molar-refractivity contribution >= 4 is 10.9 Å². The maximum absolute atomic E-state index is 2.27. The molecule has 0 atom stereocenters. The standard InChI is InChI=1S/C13H13S.2C3H8.2C2H6/c1-14(12-8-4-2-5-9-12)13-10-6-3-7-11-13;2*1-3-2;2*1-2/h2-11H,1H3;2*3H2,1-2H3;2*1-2H3/q+1;;;;. The van der Waals surface area contributed by atoms with E-state index in [0.29, 0.717) is 0 Å². The first-order valence-electron chi connectivity index (χ1n) is 9.47. The number of hydrogen-bond acceptors (Lipinski definition) is 0. The molecule has 0 fully saturated rings. The summed E-state index contributed by atoms with van der Waals surface area (Å²) in [5, 5.41) is 0. The number of hydrogen-bond donors (Lipinski definition) is 0. The minimum atomic E-state index is 0.203. The molecule has 0 heterocycles. The average molecular weight is 350 g/mol. The zero-order chi connectivity index (χ0) is 19.2. The van der Waals surface area contributed by atoms with Crippen LogP contribution in [0.2, 0.25) is 0 Å². The molecule has 0 spiro atoms. The van der Waals surface area contributed by atoms with Crippen molar-refractivity contribution in [3.63, 3.8) is 0 Å². The Bertz CT molecular complexity index is 367. The van der Waals surface area contributed by atoms with E-state index in [9.17, 15) is 0 Å². The Morgan fingerprint density at radius 1 is 0.542 bits per heavy atom. The van der Waals surface area contributed by atoms with Crippen LogP contribution < -0.4 is 0 Å². The number of benzene rings is 2. The van der Waals surface area contributed by atoms with Gasteiger partial charge in [-0.1, -0.05) is 105 Å². The molecule has 0 aliphatic carbocycles. The van der Waals surface area contributed by atoms with Crippen LogP contribution in [0.25, 0.3) is 0 Å². The SMILES string of the molecule is CC.CC.CCC.CCC.C[S+](c1ccccc1)c1ccccc1. The summed E-state index contributed by atoms with van der Waals surface area (Å²) in [6.45, 7) is 16.5. The van der Waals surface area contributed by atoms with Crippen molar-refractivity contribution in [1.82, 2.24) is 0 Å². The van der Waals surface area contributed by atoms with E-state index in [1.807, 2.05) is 27.7 Å². The van der Waals surface area contributed by atoms with E-state index in [0.717, 1.165) is 0 Å². The van der Waals surface area contributed by atoms with Gasteiger partial charge in [-0.2, -0.15) is 0 Å². The van der Waals surface area contributed by atoms with E-state index >= 15 is 0 Å². The van der Waals surface area contributed by atoms with Crippen molar-refractivity contribution in [2.45, 2.75) is 78.0 Å². The Morgan fingerprint density at radius 2 is 0.750 bits per heavy atom. The second-order valence-corrected chi connectivity index (χ2v) is 6.51. The zero-order valence-electron chi connectivity index (χ0n) is 17.6. The molecule has 2 aromatic carbocycles. The molecule has 0 aromatic heterocycles. The van der Waals surface area contributed by atoms with Crippen molar-refractivity contribution in [3.05, 3.63) is 60.7 Å². The molecule has 138 valence electrons. The van der Waals surface area contributed by atoms with Crippen LogP contribution in [0.1, 0.15) is 68.2 Å². The molecular weight excluding hydrogens is 308 g/mol. The van der Waals surface area contributed by atoms with Crippen LogP contribution in [0.15, 0.2) is 70.5 Å². The fourth-order valence-corrected chi connectivity index (χ4v) is 2.79. The molecule has 2 aromatic rings. The van der Waals surface area contributed by atoms with Crippen molar-refractivity contribution < 1.29 is 0 Å². The average Bonchev–Trinajstić information content (AvgIpc) is 2.67. The summed E-state index contributed by atoms with van der Waals surface area (Å²) in [7, 11) is 0.203. The quantitative estimate of drug-likeness (QED) is 0.479. The summed E-state index contributed by atoms with van der Waals surface area (Å²) in [6, 6.07) is 21.3. The van der Waals surface area contributed by atoms with Gasteiger partial charge in [-0.15, -0.1) is 0 Å². The van der Waals surface area contributed by atoms with Gasteiger partial charge in [-0.25, -0.2) is 0 Å². The first kappa shape index (κ1) is 27.6. The minimum Gasteiger partial charge on any atom is -0.0683 e. The van der Waals surface area contributed by atoms with Crippen LogP contribution in [-0.4, -0.2) is 6.26 Å². The Labute approximate surface area is 156 Å².